The van der Waals surface area contributed by atoms with Gasteiger partial charge in [0.1, 0.15) is 23.0 Å². The van der Waals surface area contributed by atoms with Crippen LogP contribution in [0.5, 0.6) is 23.0 Å². The van der Waals surface area contributed by atoms with Gasteiger partial charge in [0.2, 0.25) is 0 Å². The van der Waals surface area contributed by atoms with Crippen LogP contribution in [0.15, 0.2) is 107 Å². The van der Waals surface area contributed by atoms with Crippen molar-refractivity contribution in [1.29, 1.82) is 0 Å². The van der Waals surface area contributed by atoms with E-state index in [0.717, 1.165) is 24.0 Å². The van der Waals surface area contributed by atoms with Gasteiger partial charge in [0, 0.05) is 64.5 Å². The van der Waals surface area contributed by atoms with E-state index in [-0.39, 0.29) is 40.1 Å². The number of hydrogen-bond donors (Lipinski definition) is 4. The summed E-state index contributed by atoms with van der Waals surface area (Å²) >= 11 is 0. The van der Waals surface area contributed by atoms with Crippen LogP contribution in [0.2, 0.25) is 0 Å². The number of hydrogen-bond acceptors (Lipinski definition) is 6. The molecule has 0 aliphatic carbocycles. The van der Waals surface area contributed by atoms with E-state index in [1.807, 2.05) is 60.7 Å². The quantitative estimate of drug-likeness (QED) is 0.124. The first-order valence-electron chi connectivity index (χ1n) is 11.8. The zero-order valence-corrected chi connectivity index (χ0v) is 21.0. The van der Waals surface area contributed by atoms with Gasteiger partial charge in [-0.2, -0.15) is 0 Å². The molecule has 0 heterocycles. The second-order valence-electron chi connectivity index (χ2n) is 8.30. The number of phenols is 4. The number of phenolic OH excluding ortho intramolecular Hbond substituents is 4. The molecule has 0 fully saturated rings. The predicted molar refractivity (Wildman–Crippen MR) is 143 cm³/mol. The summed E-state index contributed by atoms with van der Waals surface area (Å²) in [6, 6.07) is 28.3. The van der Waals surface area contributed by atoms with Crippen molar-refractivity contribution in [2.75, 3.05) is 13.1 Å². The Bertz CT molecular complexity index is 1270. The molecule has 0 atom stereocenters. The minimum Gasteiger partial charge on any atom is -0.508 e. The molecular weight excluding hydrogens is 516 g/mol. The van der Waals surface area contributed by atoms with E-state index in [1.165, 1.54) is 24.3 Å². The molecule has 6 nitrogen and oxygen atoms in total. The van der Waals surface area contributed by atoms with E-state index in [9.17, 15) is 20.4 Å². The second kappa shape index (κ2) is 13.3. The van der Waals surface area contributed by atoms with Gasteiger partial charge in [-0.15, -0.1) is 0 Å². The van der Waals surface area contributed by atoms with E-state index in [4.69, 9.17) is 9.98 Å². The first kappa shape index (κ1) is 27.5. The van der Waals surface area contributed by atoms with Crippen molar-refractivity contribution in [2.24, 2.45) is 9.98 Å². The van der Waals surface area contributed by atoms with Gasteiger partial charge in [-0.1, -0.05) is 60.7 Å². The molecule has 0 aliphatic rings. The normalized spacial score (nSPS) is 11.7. The Balaban J connectivity index is 0.00000380. The van der Waals surface area contributed by atoms with E-state index >= 15 is 0 Å². The number of aliphatic imine (C=N–C) groups is 2. The van der Waals surface area contributed by atoms with Gasteiger partial charge in [-0.05, 0) is 37.1 Å². The summed E-state index contributed by atoms with van der Waals surface area (Å²) in [4.78, 5) is 9.54. The van der Waals surface area contributed by atoms with Crippen molar-refractivity contribution in [1.82, 2.24) is 0 Å². The summed E-state index contributed by atoms with van der Waals surface area (Å²) in [6.07, 6.45) is 1.53. The molecule has 37 heavy (non-hydrogen) atoms. The molecule has 4 N–H and O–H groups in total. The summed E-state index contributed by atoms with van der Waals surface area (Å²) in [5, 5.41) is 40.1. The van der Waals surface area contributed by atoms with Crippen molar-refractivity contribution < 1.29 is 37.5 Å². The fourth-order valence-corrected chi connectivity index (χ4v) is 3.90. The van der Waals surface area contributed by atoms with Crippen LogP contribution in [0.25, 0.3) is 0 Å². The van der Waals surface area contributed by atoms with Crippen LogP contribution >= 0.6 is 0 Å². The number of benzene rings is 4. The SMILES string of the molecule is Oc1ccc(C(=NCCCCN=C(c2ccccc2)c2ccc(O)cc2O)c2ccccc2)c(O)c1.[Cu]. The van der Waals surface area contributed by atoms with Gasteiger partial charge in [0.15, 0.2) is 0 Å². The molecule has 0 unspecified atom stereocenters. The van der Waals surface area contributed by atoms with Crippen LogP contribution in [0, 0.1) is 0 Å². The minimum atomic E-state index is -0.0246. The summed E-state index contributed by atoms with van der Waals surface area (Å²) < 4.78 is 0. The number of unbranched alkanes of at least 4 members (excludes halogenated alkanes) is 1. The number of aromatic hydroxyl groups is 4. The summed E-state index contributed by atoms with van der Waals surface area (Å²) in [5.41, 5.74) is 4.21. The van der Waals surface area contributed by atoms with Crippen molar-refractivity contribution in [2.45, 2.75) is 12.8 Å². The zero-order valence-electron chi connectivity index (χ0n) is 20.1. The van der Waals surface area contributed by atoms with Crippen molar-refractivity contribution >= 4 is 11.4 Å². The van der Waals surface area contributed by atoms with Gasteiger partial charge in [0.05, 0.1) is 11.4 Å². The maximum Gasteiger partial charge on any atom is 0.128 e. The molecule has 0 spiro atoms. The Labute approximate surface area is 226 Å². The van der Waals surface area contributed by atoms with Gasteiger partial charge >= 0.3 is 0 Å². The van der Waals surface area contributed by atoms with Gasteiger partial charge < -0.3 is 20.4 Å². The van der Waals surface area contributed by atoms with Gasteiger partial charge in [0.25, 0.3) is 0 Å². The molecule has 1 radical (unpaired) electrons. The molecule has 0 aromatic heterocycles. The first-order chi connectivity index (χ1) is 17.5. The zero-order chi connectivity index (χ0) is 25.3. The van der Waals surface area contributed by atoms with E-state index in [2.05, 4.69) is 0 Å². The standard InChI is InChI=1S/C30H28N2O4.Cu/c33-23-13-15-25(27(35)19-23)29(21-9-3-1-4-10-21)31-17-7-8-18-32-30(22-11-5-2-6-12-22)26-16-14-24(34)20-28(26)36;/h1-6,9-16,19-20,33-36H,7-8,17-18H2;. The Morgan fingerprint density at radius 2 is 0.892 bits per heavy atom. The predicted octanol–water partition coefficient (Wildman–Crippen LogP) is 5.66. The van der Waals surface area contributed by atoms with Crippen molar-refractivity contribution in [3.8, 4) is 23.0 Å². The van der Waals surface area contributed by atoms with Crippen LogP contribution < -0.4 is 0 Å². The Morgan fingerprint density at radius 3 is 1.24 bits per heavy atom. The van der Waals surface area contributed by atoms with E-state index in [1.54, 1.807) is 12.1 Å². The Hall–Kier alpha value is -4.06. The molecule has 4 rings (SSSR count). The molecule has 4 aromatic rings. The van der Waals surface area contributed by atoms with Crippen LogP contribution in [-0.2, 0) is 17.1 Å². The van der Waals surface area contributed by atoms with Gasteiger partial charge in [-0.3, -0.25) is 9.98 Å². The third-order valence-electron chi connectivity index (χ3n) is 5.67. The molecule has 193 valence electrons. The third-order valence-corrected chi connectivity index (χ3v) is 5.67. The van der Waals surface area contributed by atoms with Crippen LogP contribution in [0.4, 0.5) is 0 Å². The smallest absolute Gasteiger partial charge is 0.128 e. The minimum absolute atomic E-state index is 0. The molecule has 0 saturated carbocycles. The third kappa shape index (κ3) is 7.23. The second-order valence-corrected chi connectivity index (χ2v) is 8.30. The van der Waals surface area contributed by atoms with Crippen LogP contribution in [-0.4, -0.2) is 44.9 Å². The molecular formula is C30H28CuN2O4. The molecule has 0 amide bonds. The van der Waals surface area contributed by atoms with E-state index in [0.29, 0.717) is 35.6 Å². The van der Waals surface area contributed by atoms with Crippen LogP contribution in [0.3, 0.4) is 0 Å². The van der Waals surface area contributed by atoms with Gasteiger partial charge in [-0.25, -0.2) is 0 Å². The maximum absolute atomic E-state index is 10.4. The molecule has 0 saturated heterocycles. The fourth-order valence-electron chi connectivity index (χ4n) is 3.90. The fraction of sp³-hybridized carbons (Fsp3) is 0.133. The largest absolute Gasteiger partial charge is 0.508 e. The van der Waals surface area contributed by atoms with Crippen LogP contribution in [0.1, 0.15) is 35.1 Å². The van der Waals surface area contributed by atoms with Crippen molar-refractivity contribution in [3.63, 3.8) is 0 Å². The average molecular weight is 544 g/mol. The number of rotatable bonds is 9. The molecule has 0 aliphatic heterocycles. The molecule has 4 aromatic carbocycles. The molecule has 0 bridgehead atoms. The van der Waals surface area contributed by atoms with E-state index < -0.39 is 0 Å². The Morgan fingerprint density at radius 1 is 0.514 bits per heavy atom. The van der Waals surface area contributed by atoms with Crippen molar-refractivity contribution in [3.05, 3.63) is 119 Å². The summed E-state index contributed by atoms with van der Waals surface area (Å²) in [7, 11) is 0. The average Bonchev–Trinajstić information content (AvgIpc) is 2.88. The number of nitrogens with zero attached hydrogens (tertiary/aromatic N) is 2. The summed E-state index contributed by atoms with van der Waals surface area (Å²) in [5.74, 6) is -0.0577. The monoisotopic (exact) mass is 543 g/mol. The topological polar surface area (TPSA) is 106 Å². The first-order valence-corrected chi connectivity index (χ1v) is 11.8. The molecule has 7 heteroatoms. The maximum atomic E-state index is 10.4. The summed E-state index contributed by atoms with van der Waals surface area (Å²) in [6.45, 7) is 1.07. The Kier molecular flexibility index (Phi) is 9.90.